The average Bonchev–Trinajstić information content (AvgIpc) is 2.74. The number of anilines is 2. The van der Waals surface area contributed by atoms with Crippen LogP contribution in [0, 0.1) is 0 Å². The number of hydrogen-bond acceptors (Lipinski definition) is 6. The van der Waals surface area contributed by atoms with Gasteiger partial charge in [0.05, 0.1) is 0 Å². The molecule has 1 amide bonds. The van der Waals surface area contributed by atoms with E-state index >= 15 is 0 Å². The highest BCUT2D eigenvalue weighted by Crippen LogP contribution is 2.32. The summed E-state index contributed by atoms with van der Waals surface area (Å²) in [6.07, 6.45) is 2.27. The van der Waals surface area contributed by atoms with Gasteiger partial charge in [-0.1, -0.05) is 6.07 Å². The molecule has 7 heteroatoms. The summed E-state index contributed by atoms with van der Waals surface area (Å²) in [5.41, 5.74) is 0.937. The van der Waals surface area contributed by atoms with Crippen LogP contribution in [-0.4, -0.2) is 61.7 Å². The number of rotatable bonds is 5. The van der Waals surface area contributed by atoms with Crippen molar-refractivity contribution in [2.24, 2.45) is 0 Å². The standard InChI is InChI=1S/C20H24N4O3/c25-20(24-11-9-23(10-12-24)19-3-1-2-7-22-19)6-8-21-16-4-5-17-18(15-16)27-14-13-26-17/h1-5,7,15,21H,6,8-14H2. The third kappa shape index (κ3) is 4.24. The Kier molecular flexibility index (Phi) is 5.27. The molecule has 1 aromatic carbocycles. The second-order valence-corrected chi connectivity index (χ2v) is 6.59. The molecule has 1 aromatic heterocycles. The van der Waals surface area contributed by atoms with E-state index in [1.54, 1.807) is 6.20 Å². The Labute approximate surface area is 158 Å². The fourth-order valence-corrected chi connectivity index (χ4v) is 3.35. The molecule has 142 valence electrons. The smallest absolute Gasteiger partial charge is 0.224 e. The van der Waals surface area contributed by atoms with Crippen LogP contribution < -0.4 is 19.7 Å². The van der Waals surface area contributed by atoms with E-state index in [0.717, 1.165) is 49.2 Å². The molecule has 2 aliphatic rings. The van der Waals surface area contributed by atoms with E-state index in [4.69, 9.17) is 9.47 Å². The summed E-state index contributed by atoms with van der Waals surface area (Å²) in [4.78, 5) is 21.0. The molecule has 0 bridgehead atoms. The summed E-state index contributed by atoms with van der Waals surface area (Å²) >= 11 is 0. The second-order valence-electron chi connectivity index (χ2n) is 6.59. The number of pyridine rings is 1. The van der Waals surface area contributed by atoms with Crippen LogP contribution in [0.2, 0.25) is 0 Å². The molecule has 27 heavy (non-hydrogen) atoms. The van der Waals surface area contributed by atoms with E-state index in [2.05, 4.69) is 15.2 Å². The van der Waals surface area contributed by atoms with Gasteiger partial charge in [-0.3, -0.25) is 4.79 Å². The van der Waals surface area contributed by atoms with E-state index in [0.29, 0.717) is 26.2 Å². The van der Waals surface area contributed by atoms with Crippen molar-refractivity contribution in [3.8, 4) is 11.5 Å². The predicted octanol–water partition coefficient (Wildman–Crippen LogP) is 2.00. The average molecular weight is 368 g/mol. The van der Waals surface area contributed by atoms with Crippen LogP contribution >= 0.6 is 0 Å². The zero-order chi connectivity index (χ0) is 18.5. The van der Waals surface area contributed by atoms with Crippen molar-refractivity contribution >= 4 is 17.4 Å². The van der Waals surface area contributed by atoms with Crippen molar-refractivity contribution < 1.29 is 14.3 Å². The highest BCUT2D eigenvalue weighted by molar-refractivity contribution is 5.77. The summed E-state index contributed by atoms with van der Waals surface area (Å²) in [5.74, 6) is 2.68. The Bertz CT molecular complexity index is 776. The van der Waals surface area contributed by atoms with Crippen LogP contribution in [0.15, 0.2) is 42.6 Å². The maximum absolute atomic E-state index is 12.5. The molecule has 0 atom stereocenters. The van der Waals surface area contributed by atoms with Gasteiger partial charge in [0.2, 0.25) is 5.91 Å². The number of hydrogen-bond donors (Lipinski definition) is 1. The molecule has 3 heterocycles. The summed E-state index contributed by atoms with van der Waals surface area (Å²) in [6, 6.07) is 11.7. The lowest BCUT2D eigenvalue weighted by Gasteiger charge is -2.35. The van der Waals surface area contributed by atoms with Crippen LogP contribution in [-0.2, 0) is 4.79 Å². The quantitative estimate of drug-likeness (QED) is 0.871. The molecular formula is C20H24N4O3. The van der Waals surface area contributed by atoms with Crippen LogP contribution in [0.3, 0.4) is 0 Å². The third-order valence-corrected chi connectivity index (χ3v) is 4.82. The Morgan fingerprint density at radius 2 is 1.85 bits per heavy atom. The van der Waals surface area contributed by atoms with Gasteiger partial charge in [-0.05, 0) is 24.3 Å². The minimum Gasteiger partial charge on any atom is -0.486 e. The number of piperazine rings is 1. The molecule has 1 N–H and O–H groups in total. The molecule has 1 fully saturated rings. The first kappa shape index (κ1) is 17.5. The fourth-order valence-electron chi connectivity index (χ4n) is 3.35. The van der Waals surface area contributed by atoms with Crippen molar-refractivity contribution in [1.29, 1.82) is 0 Å². The van der Waals surface area contributed by atoms with Crippen LogP contribution in [0.25, 0.3) is 0 Å². The largest absolute Gasteiger partial charge is 0.486 e. The van der Waals surface area contributed by atoms with E-state index < -0.39 is 0 Å². The molecule has 0 saturated carbocycles. The normalized spacial score (nSPS) is 16.1. The number of ether oxygens (including phenoxy) is 2. The zero-order valence-corrected chi connectivity index (χ0v) is 15.3. The molecule has 0 aliphatic carbocycles. The zero-order valence-electron chi connectivity index (χ0n) is 15.3. The molecular weight excluding hydrogens is 344 g/mol. The van der Waals surface area contributed by atoms with Gasteiger partial charge < -0.3 is 24.6 Å². The number of nitrogens with zero attached hydrogens (tertiary/aromatic N) is 3. The van der Waals surface area contributed by atoms with Crippen molar-refractivity contribution in [3.05, 3.63) is 42.6 Å². The highest BCUT2D eigenvalue weighted by atomic mass is 16.6. The number of carbonyl (C=O) groups is 1. The van der Waals surface area contributed by atoms with Crippen molar-refractivity contribution in [1.82, 2.24) is 9.88 Å². The Balaban J connectivity index is 1.22. The minimum absolute atomic E-state index is 0.181. The lowest BCUT2D eigenvalue weighted by molar-refractivity contribution is -0.131. The van der Waals surface area contributed by atoms with Gasteiger partial charge in [0.1, 0.15) is 19.0 Å². The van der Waals surface area contributed by atoms with Crippen molar-refractivity contribution in [2.45, 2.75) is 6.42 Å². The summed E-state index contributed by atoms with van der Waals surface area (Å²) < 4.78 is 11.1. The van der Waals surface area contributed by atoms with E-state index in [9.17, 15) is 4.79 Å². The molecule has 4 rings (SSSR count). The number of aromatic nitrogens is 1. The Hall–Kier alpha value is -2.96. The van der Waals surface area contributed by atoms with E-state index in [1.807, 2.05) is 41.3 Å². The molecule has 0 spiro atoms. The SMILES string of the molecule is O=C(CCNc1ccc2c(c1)OCCO2)N1CCN(c2ccccn2)CC1. The maximum Gasteiger partial charge on any atom is 0.224 e. The first-order chi connectivity index (χ1) is 13.3. The second kappa shape index (κ2) is 8.16. The predicted molar refractivity (Wildman–Crippen MR) is 104 cm³/mol. The van der Waals surface area contributed by atoms with Gasteiger partial charge in [-0.15, -0.1) is 0 Å². The minimum atomic E-state index is 0.181. The van der Waals surface area contributed by atoms with Gasteiger partial charge in [-0.2, -0.15) is 0 Å². The number of benzene rings is 1. The number of amides is 1. The molecule has 0 radical (unpaired) electrons. The topological polar surface area (TPSA) is 66.9 Å². The third-order valence-electron chi connectivity index (χ3n) is 4.82. The number of fused-ring (bicyclic) bond motifs is 1. The van der Waals surface area contributed by atoms with Gasteiger partial charge in [0, 0.05) is 57.1 Å². The number of carbonyl (C=O) groups excluding carboxylic acids is 1. The van der Waals surface area contributed by atoms with Crippen LogP contribution in [0.4, 0.5) is 11.5 Å². The Morgan fingerprint density at radius 1 is 1.04 bits per heavy atom. The molecule has 0 unspecified atom stereocenters. The fraction of sp³-hybridized carbons (Fsp3) is 0.400. The Morgan fingerprint density at radius 3 is 2.63 bits per heavy atom. The summed E-state index contributed by atoms with van der Waals surface area (Å²) in [6.45, 7) is 4.86. The van der Waals surface area contributed by atoms with Crippen molar-refractivity contribution in [2.75, 3.05) is 56.2 Å². The van der Waals surface area contributed by atoms with Gasteiger partial charge in [-0.25, -0.2) is 4.98 Å². The summed E-state index contributed by atoms with van der Waals surface area (Å²) in [5, 5.41) is 3.30. The van der Waals surface area contributed by atoms with Gasteiger partial charge in [0.15, 0.2) is 11.5 Å². The lowest BCUT2D eigenvalue weighted by atomic mass is 10.2. The lowest BCUT2D eigenvalue weighted by Crippen LogP contribution is -2.49. The summed E-state index contributed by atoms with van der Waals surface area (Å²) in [7, 11) is 0. The molecule has 7 nitrogen and oxygen atoms in total. The first-order valence-electron chi connectivity index (χ1n) is 9.37. The van der Waals surface area contributed by atoms with Crippen molar-refractivity contribution in [3.63, 3.8) is 0 Å². The highest BCUT2D eigenvalue weighted by Gasteiger charge is 2.21. The van der Waals surface area contributed by atoms with E-state index in [1.165, 1.54) is 0 Å². The van der Waals surface area contributed by atoms with Gasteiger partial charge >= 0.3 is 0 Å². The first-order valence-corrected chi connectivity index (χ1v) is 9.37. The number of nitrogens with one attached hydrogen (secondary N) is 1. The van der Waals surface area contributed by atoms with E-state index in [-0.39, 0.29) is 5.91 Å². The monoisotopic (exact) mass is 368 g/mol. The molecule has 1 saturated heterocycles. The maximum atomic E-state index is 12.5. The van der Waals surface area contributed by atoms with Crippen LogP contribution in [0.5, 0.6) is 11.5 Å². The van der Waals surface area contributed by atoms with Gasteiger partial charge in [0.25, 0.3) is 0 Å². The van der Waals surface area contributed by atoms with Crippen LogP contribution in [0.1, 0.15) is 6.42 Å². The molecule has 2 aromatic rings. The molecule has 2 aliphatic heterocycles.